The number of nitrogens with one attached hydrogen (secondary N) is 3. The molecule has 2 fully saturated rings. The zero-order valence-corrected chi connectivity index (χ0v) is 24.9. The largest absolute Gasteiger partial charge is 0.341 e. The molecule has 10 heteroatoms. The Morgan fingerprint density at radius 1 is 0.907 bits per heavy atom. The molecule has 2 aromatic carbocycles. The van der Waals surface area contributed by atoms with E-state index in [0.29, 0.717) is 12.6 Å². The van der Waals surface area contributed by atoms with E-state index in [1.54, 1.807) is 0 Å². The first-order valence-electron chi connectivity index (χ1n) is 15.1. The monoisotopic (exact) mass is 581 g/mol. The van der Waals surface area contributed by atoms with Gasteiger partial charge in [0.25, 0.3) is 0 Å². The first-order valence-corrected chi connectivity index (χ1v) is 15.1. The number of H-pyrrole nitrogens is 2. The van der Waals surface area contributed by atoms with Crippen molar-refractivity contribution in [3.63, 3.8) is 0 Å². The molecule has 0 unspecified atom stereocenters. The van der Waals surface area contributed by atoms with E-state index in [0.717, 1.165) is 71.1 Å². The van der Waals surface area contributed by atoms with E-state index in [9.17, 15) is 4.79 Å². The Balaban J connectivity index is 1.13. The van der Waals surface area contributed by atoms with Crippen molar-refractivity contribution in [2.45, 2.75) is 57.7 Å². The number of rotatable bonds is 10. The summed E-state index contributed by atoms with van der Waals surface area (Å²) in [5, 5.41) is 3.49. The van der Waals surface area contributed by atoms with Crippen molar-refractivity contribution in [1.29, 1.82) is 0 Å². The highest BCUT2D eigenvalue weighted by Crippen LogP contribution is 2.34. The maximum atomic E-state index is 13.4. The Bertz CT molecular complexity index is 1540. The van der Waals surface area contributed by atoms with Crippen molar-refractivity contribution in [2.75, 3.05) is 20.2 Å². The third-order valence-electron chi connectivity index (χ3n) is 8.40. The fourth-order valence-electron chi connectivity index (χ4n) is 6.05. The fourth-order valence-corrected chi connectivity index (χ4v) is 6.05. The van der Waals surface area contributed by atoms with Crippen LogP contribution in [0.25, 0.3) is 33.6 Å². The molecule has 1 amide bonds. The smallest absolute Gasteiger partial charge is 0.248 e. The van der Waals surface area contributed by atoms with Gasteiger partial charge in [0.05, 0.1) is 43.0 Å². The molecule has 2 aliphatic heterocycles. The van der Waals surface area contributed by atoms with E-state index >= 15 is 0 Å². The number of aliphatic imine (C=N–C) groups is 1. The van der Waals surface area contributed by atoms with Gasteiger partial charge >= 0.3 is 0 Å². The number of carbonyl (C=O) groups excluding carboxylic acids is 1. The van der Waals surface area contributed by atoms with Gasteiger partial charge in [0.1, 0.15) is 17.7 Å². The van der Waals surface area contributed by atoms with Gasteiger partial charge in [0.2, 0.25) is 12.3 Å². The molecule has 0 bridgehead atoms. The van der Waals surface area contributed by atoms with Crippen molar-refractivity contribution >= 4 is 12.3 Å². The molecular weight excluding hydrogens is 542 g/mol. The summed E-state index contributed by atoms with van der Waals surface area (Å²) < 4.78 is 0. The lowest BCUT2D eigenvalue weighted by atomic mass is 10.0. The van der Waals surface area contributed by atoms with Gasteiger partial charge in [-0.3, -0.25) is 4.79 Å². The third kappa shape index (κ3) is 6.25. The van der Waals surface area contributed by atoms with Gasteiger partial charge in [-0.25, -0.2) is 15.0 Å². The lowest BCUT2D eigenvalue weighted by Gasteiger charge is -2.27. The molecule has 2 aliphatic rings. The van der Waals surface area contributed by atoms with Crippen LogP contribution >= 0.6 is 0 Å². The minimum Gasteiger partial charge on any atom is -0.341 e. The van der Waals surface area contributed by atoms with Crippen molar-refractivity contribution in [3.05, 3.63) is 72.6 Å². The molecule has 3 N–H and O–H groups in total. The minimum atomic E-state index is -0.544. The predicted octanol–water partition coefficient (Wildman–Crippen LogP) is 5.85. The Kier molecular flexibility index (Phi) is 8.67. The van der Waals surface area contributed by atoms with Crippen molar-refractivity contribution < 1.29 is 14.6 Å². The summed E-state index contributed by atoms with van der Waals surface area (Å²) >= 11 is 0. The van der Waals surface area contributed by atoms with Crippen LogP contribution in [0.5, 0.6) is 0 Å². The second-order valence-corrected chi connectivity index (χ2v) is 11.6. The van der Waals surface area contributed by atoms with E-state index in [2.05, 4.69) is 83.7 Å². The normalized spacial score (nSPS) is 19.5. The summed E-state index contributed by atoms with van der Waals surface area (Å²) in [5.74, 6) is 1.81. The van der Waals surface area contributed by atoms with E-state index in [-0.39, 0.29) is 17.9 Å². The molecule has 224 valence electrons. The Morgan fingerprint density at radius 2 is 1.51 bits per heavy atom. The Morgan fingerprint density at radius 3 is 2.09 bits per heavy atom. The summed E-state index contributed by atoms with van der Waals surface area (Å²) in [7, 11) is 1.40. The zero-order chi connectivity index (χ0) is 29.8. The van der Waals surface area contributed by atoms with Crippen molar-refractivity contribution in [2.24, 2.45) is 10.9 Å². The van der Waals surface area contributed by atoms with Gasteiger partial charge in [0.15, 0.2) is 0 Å². The highest BCUT2D eigenvalue weighted by Gasteiger charge is 2.36. The number of aromatic nitrogens is 4. The molecule has 10 nitrogen and oxygen atoms in total. The van der Waals surface area contributed by atoms with Crippen molar-refractivity contribution in [3.8, 4) is 33.6 Å². The summed E-state index contributed by atoms with van der Waals surface area (Å²) in [5.41, 5.74) is 6.42. The quantitative estimate of drug-likeness (QED) is 0.0935. The standard InChI is InChI=1S/C33H39N7O3/c1-21(2)30(37-20-43-42-3)33(41)40-17-5-7-29(40)32-36-19-28(39-32)25-14-10-23(11-15-25)22-8-12-24(13-9-22)27-18-35-31(38-27)26-6-4-16-34-26/h8-15,18-21,26,29-30,34H,4-7,16-17H2,1-3H3,(H,35,38)(H,36,39)/b37-20-/t26-,29-,30-/m0/s1. The van der Waals surface area contributed by atoms with Gasteiger partial charge < -0.3 is 25.1 Å². The van der Waals surface area contributed by atoms with E-state index in [4.69, 9.17) is 4.89 Å². The highest BCUT2D eigenvalue weighted by molar-refractivity contribution is 5.84. The van der Waals surface area contributed by atoms with Gasteiger partial charge in [-0.05, 0) is 60.4 Å². The number of carbonyl (C=O) groups is 1. The number of hydrogen-bond donors (Lipinski definition) is 3. The molecule has 0 radical (unpaired) electrons. The van der Waals surface area contributed by atoms with Gasteiger partial charge in [-0.1, -0.05) is 62.4 Å². The second-order valence-electron chi connectivity index (χ2n) is 11.6. The first kappa shape index (κ1) is 28.8. The number of imidazole rings is 2. The third-order valence-corrected chi connectivity index (χ3v) is 8.40. The lowest BCUT2D eigenvalue weighted by molar-refractivity contribution is -0.188. The number of amides is 1. The number of likely N-dealkylation sites (tertiary alicyclic amines) is 1. The molecule has 4 heterocycles. The Hall–Kier alpha value is -4.28. The topological polar surface area (TPSA) is 121 Å². The molecule has 2 saturated heterocycles. The molecule has 0 aliphatic carbocycles. The van der Waals surface area contributed by atoms with Crippen molar-refractivity contribution in [1.82, 2.24) is 30.2 Å². The number of nitrogens with zero attached hydrogens (tertiary/aromatic N) is 4. The van der Waals surface area contributed by atoms with E-state index in [1.165, 1.54) is 19.9 Å². The fraction of sp³-hybridized carbons (Fsp3) is 0.394. The molecule has 0 spiro atoms. The number of benzene rings is 2. The summed E-state index contributed by atoms with van der Waals surface area (Å²) in [6.07, 6.45) is 9.06. The maximum Gasteiger partial charge on any atom is 0.248 e. The molecule has 3 atom stereocenters. The summed E-state index contributed by atoms with van der Waals surface area (Å²) in [6, 6.07) is 16.7. The van der Waals surface area contributed by atoms with E-state index < -0.39 is 6.04 Å². The molecule has 4 aromatic rings. The van der Waals surface area contributed by atoms with Crippen LogP contribution in [0.3, 0.4) is 0 Å². The SMILES string of the molecule is COO/C=N\[C@H](C(=O)N1CCC[C@H]1c1ncc(-c2ccc(-c3ccc(-c4cnc([C@@H]5CCCN5)[nH]4)cc3)cc2)[nH]1)C(C)C. The number of aromatic amines is 2. The van der Waals surface area contributed by atoms with Crippen LogP contribution < -0.4 is 5.32 Å². The highest BCUT2D eigenvalue weighted by atomic mass is 17.2. The maximum absolute atomic E-state index is 13.4. The molecule has 6 rings (SSSR count). The van der Waals surface area contributed by atoms with Gasteiger partial charge in [-0.2, -0.15) is 4.89 Å². The molecule has 2 aromatic heterocycles. The average molecular weight is 582 g/mol. The van der Waals surface area contributed by atoms with Crippen LogP contribution in [-0.4, -0.2) is 63.4 Å². The molecule has 43 heavy (non-hydrogen) atoms. The average Bonchev–Trinajstić information content (AvgIpc) is 3.86. The minimum absolute atomic E-state index is 0.0183. The summed E-state index contributed by atoms with van der Waals surface area (Å²) in [4.78, 5) is 45.3. The van der Waals surface area contributed by atoms with Crippen LogP contribution in [0.2, 0.25) is 0 Å². The van der Waals surface area contributed by atoms with Crippen LogP contribution in [-0.2, 0) is 14.6 Å². The number of hydrogen-bond acceptors (Lipinski definition) is 7. The van der Waals surface area contributed by atoms with Crippen LogP contribution in [0, 0.1) is 5.92 Å². The van der Waals surface area contributed by atoms with Gasteiger partial charge in [-0.15, -0.1) is 0 Å². The summed E-state index contributed by atoms with van der Waals surface area (Å²) in [6.45, 7) is 5.68. The van der Waals surface area contributed by atoms with Crippen LogP contribution in [0.1, 0.15) is 63.3 Å². The predicted molar refractivity (Wildman–Crippen MR) is 166 cm³/mol. The zero-order valence-electron chi connectivity index (χ0n) is 24.9. The lowest BCUT2D eigenvalue weighted by Crippen LogP contribution is -2.40. The van der Waals surface area contributed by atoms with Crippen LogP contribution in [0.4, 0.5) is 0 Å². The second kappa shape index (κ2) is 12.9. The van der Waals surface area contributed by atoms with E-state index in [1.807, 2.05) is 31.1 Å². The first-order chi connectivity index (χ1) is 21.0. The Labute approximate surface area is 251 Å². The molecule has 0 saturated carbocycles. The van der Waals surface area contributed by atoms with Crippen LogP contribution in [0.15, 0.2) is 65.9 Å². The molecular formula is C33H39N7O3. The van der Waals surface area contributed by atoms with Gasteiger partial charge in [0, 0.05) is 6.54 Å².